The summed E-state index contributed by atoms with van der Waals surface area (Å²) < 4.78 is 5.41. The van der Waals surface area contributed by atoms with Crippen molar-refractivity contribution in [2.75, 3.05) is 26.2 Å². The van der Waals surface area contributed by atoms with Crippen molar-refractivity contribution < 1.29 is 14.5 Å². The number of rotatable bonds is 7. The molecule has 182 valence electrons. The van der Waals surface area contributed by atoms with Crippen LogP contribution in [0.25, 0.3) is 0 Å². The fourth-order valence-electron chi connectivity index (χ4n) is 4.02. The Kier molecular flexibility index (Phi) is 8.28. The largest absolute Gasteiger partial charge is 0.444 e. The van der Waals surface area contributed by atoms with Crippen molar-refractivity contribution in [3.05, 3.63) is 98.6 Å². The van der Waals surface area contributed by atoms with Crippen molar-refractivity contribution >= 4 is 35.1 Å². The number of ether oxygens (including phenoxy) is 1. The molecule has 0 atom stereocenters. The Hall–Kier alpha value is -3.07. The van der Waals surface area contributed by atoms with Crippen LogP contribution >= 0.6 is 23.4 Å². The highest BCUT2D eigenvalue weighted by Crippen LogP contribution is 2.32. The van der Waals surface area contributed by atoms with E-state index in [0.717, 1.165) is 29.6 Å². The van der Waals surface area contributed by atoms with Gasteiger partial charge in [0.25, 0.3) is 5.69 Å². The smallest absolute Gasteiger partial charge is 0.410 e. The van der Waals surface area contributed by atoms with Gasteiger partial charge in [-0.15, -0.1) is 0 Å². The van der Waals surface area contributed by atoms with Crippen LogP contribution < -0.4 is 0 Å². The van der Waals surface area contributed by atoms with Crippen LogP contribution in [0.3, 0.4) is 0 Å². The Morgan fingerprint density at radius 2 is 1.69 bits per heavy atom. The highest BCUT2D eigenvalue weighted by atomic mass is 35.5. The third-order valence-corrected chi connectivity index (χ3v) is 7.27. The summed E-state index contributed by atoms with van der Waals surface area (Å²) in [7, 11) is 0. The summed E-state index contributed by atoms with van der Waals surface area (Å²) in [4.78, 5) is 29.8. The maximum absolute atomic E-state index is 12.6. The standard InChI is InChI=1S/C26H26ClN3O4S/c1-19-5-4-7-21(25(19)30(32)33)18-34-26(31)29-15-13-28(14-16-29)17-20-6-2-3-8-24(20)35-23-11-9-22(27)10-12-23/h2-12H,13-18H2,1H3. The molecule has 35 heavy (non-hydrogen) atoms. The number of para-hydroxylation sites is 1. The first-order chi connectivity index (χ1) is 16.9. The molecule has 1 heterocycles. The molecule has 1 aliphatic rings. The second-order valence-corrected chi connectivity index (χ2v) is 9.87. The van der Waals surface area contributed by atoms with Gasteiger partial charge in [0.05, 0.1) is 10.5 Å². The molecule has 9 heteroatoms. The molecule has 4 rings (SSSR count). The molecule has 0 N–H and O–H groups in total. The van der Waals surface area contributed by atoms with Crippen LogP contribution in [0.15, 0.2) is 76.5 Å². The van der Waals surface area contributed by atoms with Gasteiger partial charge in [-0.05, 0) is 48.9 Å². The molecule has 3 aromatic carbocycles. The quantitative estimate of drug-likeness (QED) is 0.279. The van der Waals surface area contributed by atoms with Crippen molar-refractivity contribution in [3.8, 4) is 0 Å². The summed E-state index contributed by atoms with van der Waals surface area (Å²) >= 11 is 7.71. The number of carbonyl (C=O) groups is 1. The van der Waals surface area contributed by atoms with Crippen molar-refractivity contribution in [1.29, 1.82) is 0 Å². The minimum absolute atomic E-state index is 0.000236. The van der Waals surface area contributed by atoms with Crippen LogP contribution in [0.4, 0.5) is 10.5 Å². The molecule has 0 saturated carbocycles. The van der Waals surface area contributed by atoms with Crippen molar-refractivity contribution in [2.45, 2.75) is 29.9 Å². The highest BCUT2D eigenvalue weighted by Gasteiger charge is 2.24. The van der Waals surface area contributed by atoms with E-state index in [1.807, 2.05) is 36.4 Å². The third-order valence-electron chi connectivity index (χ3n) is 5.89. The van der Waals surface area contributed by atoms with Crippen LogP contribution in [0, 0.1) is 17.0 Å². The molecule has 7 nitrogen and oxygen atoms in total. The third kappa shape index (κ3) is 6.54. The number of piperazine rings is 1. The summed E-state index contributed by atoms with van der Waals surface area (Å²) in [5.74, 6) is 0. The number of halogens is 1. The molecule has 0 aliphatic carbocycles. The van der Waals surface area contributed by atoms with Gasteiger partial charge in [-0.2, -0.15) is 0 Å². The molecule has 1 aliphatic heterocycles. The normalized spacial score (nSPS) is 14.1. The molecule has 0 radical (unpaired) electrons. The van der Waals surface area contributed by atoms with E-state index in [9.17, 15) is 14.9 Å². The van der Waals surface area contributed by atoms with Crippen molar-refractivity contribution in [2.24, 2.45) is 0 Å². The van der Waals surface area contributed by atoms with Crippen LogP contribution in [-0.2, 0) is 17.9 Å². The molecule has 3 aromatic rings. The molecular formula is C26H26ClN3O4S. The predicted molar refractivity (Wildman–Crippen MR) is 137 cm³/mol. The second-order valence-electron chi connectivity index (χ2n) is 8.32. The van der Waals surface area contributed by atoms with Crippen LogP contribution in [0.1, 0.15) is 16.7 Å². The molecule has 0 aromatic heterocycles. The van der Waals surface area contributed by atoms with Crippen molar-refractivity contribution in [1.82, 2.24) is 9.80 Å². The van der Waals surface area contributed by atoms with Crippen LogP contribution in [0.2, 0.25) is 5.02 Å². The first kappa shape index (κ1) is 25.0. The van der Waals surface area contributed by atoms with E-state index in [1.54, 1.807) is 41.8 Å². The van der Waals surface area contributed by atoms with E-state index in [4.69, 9.17) is 16.3 Å². The van der Waals surface area contributed by atoms with E-state index in [1.165, 1.54) is 10.5 Å². The molecule has 1 amide bonds. The number of hydrogen-bond acceptors (Lipinski definition) is 6. The van der Waals surface area contributed by atoms with Gasteiger partial charge in [0, 0.05) is 53.1 Å². The van der Waals surface area contributed by atoms with E-state index in [-0.39, 0.29) is 12.3 Å². The number of aryl methyl sites for hydroxylation is 1. The van der Waals surface area contributed by atoms with Gasteiger partial charge in [-0.3, -0.25) is 15.0 Å². The second kappa shape index (κ2) is 11.6. The van der Waals surface area contributed by atoms with Gasteiger partial charge in [-0.1, -0.05) is 53.7 Å². The van der Waals surface area contributed by atoms with Crippen LogP contribution in [0.5, 0.6) is 0 Å². The average molecular weight is 512 g/mol. The fraction of sp³-hybridized carbons (Fsp3) is 0.269. The first-order valence-electron chi connectivity index (χ1n) is 11.3. The topological polar surface area (TPSA) is 75.9 Å². The van der Waals surface area contributed by atoms with Gasteiger partial charge in [0.2, 0.25) is 0 Å². The number of nitrogens with zero attached hydrogens (tertiary/aromatic N) is 3. The van der Waals surface area contributed by atoms with Gasteiger partial charge in [-0.25, -0.2) is 4.79 Å². The summed E-state index contributed by atoms with van der Waals surface area (Å²) in [5, 5.41) is 12.1. The Labute approximate surface area is 213 Å². The summed E-state index contributed by atoms with van der Waals surface area (Å²) in [5.41, 5.74) is 2.18. The maximum atomic E-state index is 12.6. The lowest BCUT2D eigenvalue weighted by atomic mass is 10.1. The number of nitro groups is 1. The average Bonchev–Trinajstić information content (AvgIpc) is 2.85. The molecule has 0 unspecified atom stereocenters. The Morgan fingerprint density at radius 1 is 1.00 bits per heavy atom. The van der Waals surface area contributed by atoms with Crippen molar-refractivity contribution in [3.63, 3.8) is 0 Å². The minimum atomic E-state index is -0.445. The number of benzene rings is 3. The minimum Gasteiger partial charge on any atom is -0.444 e. The lowest BCUT2D eigenvalue weighted by molar-refractivity contribution is -0.386. The number of carbonyl (C=O) groups excluding carboxylic acids is 1. The molecule has 0 bridgehead atoms. The lowest BCUT2D eigenvalue weighted by Crippen LogP contribution is -2.48. The zero-order valence-corrected chi connectivity index (χ0v) is 20.9. The highest BCUT2D eigenvalue weighted by molar-refractivity contribution is 7.99. The zero-order valence-electron chi connectivity index (χ0n) is 19.4. The van der Waals surface area contributed by atoms with Gasteiger partial charge in [0.15, 0.2) is 0 Å². The number of nitro benzene ring substituents is 1. The molecule has 0 spiro atoms. The lowest BCUT2D eigenvalue weighted by Gasteiger charge is -2.34. The molecule has 1 fully saturated rings. The van der Waals surface area contributed by atoms with E-state index in [2.05, 4.69) is 17.0 Å². The maximum Gasteiger partial charge on any atom is 0.410 e. The number of amides is 1. The fourth-order valence-corrected chi connectivity index (χ4v) is 5.08. The van der Waals surface area contributed by atoms with Gasteiger partial charge in [0.1, 0.15) is 6.61 Å². The summed E-state index contributed by atoms with van der Waals surface area (Å²) in [6.07, 6.45) is -0.445. The van der Waals surface area contributed by atoms with Gasteiger partial charge < -0.3 is 9.64 Å². The van der Waals surface area contributed by atoms with Crippen LogP contribution in [-0.4, -0.2) is 47.0 Å². The Balaban J connectivity index is 1.30. The predicted octanol–water partition coefficient (Wildman–Crippen LogP) is 6.16. The van der Waals surface area contributed by atoms with E-state index in [0.29, 0.717) is 24.2 Å². The number of hydrogen-bond donors (Lipinski definition) is 0. The SMILES string of the molecule is Cc1cccc(COC(=O)N2CCN(Cc3ccccc3Sc3ccc(Cl)cc3)CC2)c1[N+](=O)[O-]. The Bertz CT molecular complexity index is 1200. The van der Waals surface area contributed by atoms with Gasteiger partial charge >= 0.3 is 6.09 Å². The molecule has 1 saturated heterocycles. The zero-order chi connectivity index (χ0) is 24.8. The first-order valence-corrected chi connectivity index (χ1v) is 12.5. The summed E-state index contributed by atoms with van der Waals surface area (Å²) in [6.45, 7) is 4.87. The monoisotopic (exact) mass is 511 g/mol. The van der Waals surface area contributed by atoms with E-state index >= 15 is 0 Å². The van der Waals surface area contributed by atoms with E-state index < -0.39 is 11.0 Å². The summed E-state index contributed by atoms with van der Waals surface area (Å²) in [6, 6.07) is 21.2. The molecular weight excluding hydrogens is 486 g/mol. The Morgan fingerprint density at radius 3 is 2.40 bits per heavy atom.